The molecule has 0 saturated heterocycles. The van der Waals surface area contributed by atoms with Crippen LogP contribution in [-0.2, 0) is 10.2 Å². The molecule has 1 aromatic carbocycles. The number of carbonyl (C=O) groups excluding carboxylic acids is 1. The van der Waals surface area contributed by atoms with Gasteiger partial charge in [-0.1, -0.05) is 63.8 Å². The maximum absolute atomic E-state index is 12.9. The molecule has 0 bridgehead atoms. The molecule has 2 aliphatic rings. The van der Waals surface area contributed by atoms with Gasteiger partial charge in [0, 0.05) is 34.2 Å². The second-order valence-electron chi connectivity index (χ2n) is 8.57. The monoisotopic (exact) mass is 325 g/mol. The topological polar surface area (TPSA) is 29.1 Å². The minimum atomic E-state index is -0.100. The van der Waals surface area contributed by atoms with E-state index in [4.69, 9.17) is 0 Å². The van der Waals surface area contributed by atoms with Crippen molar-refractivity contribution in [2.24, 2.45) is 5.92 Å². The third kappa shape index (κ3) is 3.03. The Bertz CT molecular complexity index is 646. The highest BCUT2D eigenvalue weighted by molar-refractivity contribution is 5.98. The Kier molecular flexibility index (Phi) is 4.59. The summed E-state index contributed by atoms with van der Waals surface area (Å²) < 4.78 is 0. The van der Waals surface area contributed by atoms with Gasteiger partial charge in [0.05, 0.1) is 0 Å². The van der Waals surface area contributed by atoms with Crippen LogP contribution >= 0.6 is 0 Å². The Labute approximate surface area is 146 Å². The maximum Gasteiger partial charge on any atom is 0.160 e. The number of benzene rings is 1. The van der Waals surface area contributed by atoms with Crippen molar-refractivity contribution < 1.29 is 4.79 Å². The smallest absolute Gasteiger partial charge is 0.160 e. The average Bonchev–Trinajstić information content (AvgIpc) is 2.82. The van der Waals surface area contributed by atoms with Crippen molar-refractivity contribution in [2.75, 3.05) is 0 Å². The van der Waals surface area contributed by atoms with E-state index >= 15 is 0 Å². The first-order valence-corrected chi connectivity index (χ1v) is 9.46. The van der Waals surface area contributed by atoms with Gasteiger partial charge in [-0.05, 0) is 32.3 Å². The lowest BCUT2D eigenvalue weighted by atomic mass is 9.65. The summed E-state index contributed by atoms with van der Waals surface area (Å²) in [6.45, 7) is 9.02. The molecule has 2 heteroatoms. The van der Waals surface area contributed by atoms with Crippen LogP contribution in [0.3, 0.4) is 0 Å². The summed E-state index contributed by atoms with van der Waals surface area (Å²) >= 11 is 0. The van der Waals surface area contributed by atoms with E-state index < -0.39 is 0 Å². The number of rotatable bonds is 2. The van der Waals surface area contributed by atoms with Gasteiger partial charge >= 0.3 is 0 Å². The zero-order chi connectivity index (χ0) is 17.4. The number of hydrogen-bond donors (Lipinski definition) is 1. The second kappa shape index (κ2) is 6.38. The van der Waals surface area contributed by atoms with E-state index in [2.05, 4.69) is 57.3 Å². The van der Waals surface area contributed by atoms with Crippen LogP contribution in [0.5, 0.6) is 0 Å². The summed E-state index contributed by atoms with van der Waals surface area (Å²) in [5.41, 5.74) is 3.42. The highest BCUT2D eigenvalue weighted by Crippen LogP contribution is 2.43. The zero-order valence-corrected chi connectivity index (χ0v) is 15.6. The highest BCUT2D eigenvalue weighted by atomic mass is 16.1. The van der Waals surface area contributed by atoms with E-state index in [1.807, 2.05) is 6.08 Å². The fourth-order valence-corrected chi connectivity index (χ4v) is 4.10. The largest absolute Gasteiger partial charge is 0.379 e. The molecular formula is C22H31NO. The lowest BCUT2D eigenvalue weighted by Crippen LogP contribution is -2.56. The van der Waals surface area contributed by atoms with Gasteiger partial charge in [0.1, 0.15) is 0 Å². The van der Waals surface area contributed by atoms with E-state index in [-0.39, 0.29) is 16.9 Å². The number of carbonyl (C=O) groups is 1. The first-order valence-electron chi connectivity index (χ1n) is 9.46. The predicted octanol–water partition coefficient (Wildman–Crippen LogP) is 5.23. The van der Waals surface area contributed by atoms with Gasteiger partial charge in [0.2, 0.25) is 0 Å². The molecule has 1 aliphatic heterocycles. The van der Waals surface area contributed by atoms with Gasteiger partial charge in [-0.2, -0.15) is 0 Å². The number of ketones is 1. The molecule has 0 amide bonds. The predicted molar refractivity (Wildman–Crippen MR) is 101 cm³/mol. The Morgan fingerprint density at radius 2 is 1.67 bits per heavy atom. The van der Waals surface area contributed by atoms with Gasteiger partial charge in [-0.25, -0.2) is 0 Å². The van der Waals surface area contributed by atoms with Crippen LogP contribution in [0.15, 0.2) is 30.3 Å². The first kappa shape index (κ1) is 17.3. The van der Waals surface area contributed by atoms with Crippen LogP contribution in [0.4, 0.5) is 0 Å². The molecule has 0 atom stereocenters. The molecule has 0 aromatic heterocycles. The molecule has 0 radical (unpaired) electrons. The van der Waals surface area contributed by atoms with Crippen molar-refractivity contribution in [3.05, 3.63) is 41.5 Å². The Morgan fingerprint density at radius 3 is 2.33 bits per heavy atom. The van der Waals surface area contributed by atoms with Gasteiger partial charge in [0.25, 0.3) is 0 Å². The van der Waals surface area contributed by atoms with Crippen molar-refractivity contribution in [1.29, 1.82) is 0 Å². The van der Waals surface area contributed by atoms with Crippen molar-refractivity contribution in [2.45, 2.75) is 77.2 Å². The van der Waals surface area contributed by atoms with Gasteiger partial charge in [-0.15, -0.1) is 0 Å². The molecule has 1 saturated carbocycles. The van der Waals surface area contributed by atoms with E-state index in [1.165, 1.54) is 36.8 Å². The Morgan fingerprint density at radius 1 is 1.04 bits per heavy atom. The van der Waals surface area contributed by atoms with Crippen LogP contribution < -0.4 is 5.32 Å². The minimum Gasteiger partial charge on any atom is -0.379 e. The standard InChI is InChI=1S/C22H31NO/c1-21(2)18-14-10-9-13-17(18)19(23-22(21,3)4)15-20(24)16-11-7-5-6-8-12-16/h9-10,13-16,23H,5-8,11-12H2,1-4H3. The SMILES string of the molecule is CC1(C)NC(=CC(=O)C2CCCCCC2)c2ccccc2C1(C)C. The van der Waals surface area contributed by atoms with Crippen LogP contribution in [0, 0.1) is 5.92 Å². The van der Waals surface area contributed by atoms with Gasteiger partial charge in [0.15, 0.2) is 5.78 Å². The van der Waals surface area contributed by atoms with E-state index in [1.54, 1.807) is 0 Å². The Balaban J connectivity index is 1.96. The summed E-state index contributed by atoms with van der Waals surface area (Å²) in [5.74, 6) is 0.525. The first-order chi connectivity index (χ1) is 11.3. The van der Waals surface area contributed by atoms with Crippen molar-refractivity contribution in [3.63, 3.8) is 0 Å². The molecule has 24 heavy (non-hydrogen) atoms. The molecule has 1 heterocycles. The quantitative estimate of drug-likeness (QED) is 0.596. The maximum atomic E-state index is 12.9. The second-order valence-corrected chi connectivity index (χ2v) is 8.57. The zero-order valence-electron chi connectivity index (χ0n) is 15.6. The minimum absolute atomic E-state index is 0.00625. The highest BCUT2D eigenvalue weighted by Gasteiger charge is 2.44. The molecule has 1 N–H and O–H groups in total. The molecule has 0 unspecified atom stereocenters. The van der Waals surface area contributed by atoms with Crippen molar-refractivity contribution in [3.8, 4) is 0 Å². The fraction of sp³-hybridized carbons (Fsp3) is 0.591. The third-order valence-corrected chi connectivity index (χ3v) is 6.44. The Hall–Kier alpha value is -1.57. The van der Waals surface area contributed by atoms with Crippen molar-refractivity contribution in [1.82, 2.24) is 5.32 Å². The fourth-order valence-electron chi connectivity index (χ4n) is 4.10. The lowest BCUT2D eigenvalue weighted by Gasteiger charge is -2.49. The summed E-state index contributed by atoms with van der Waals surface area (Å²) in [6, 6.07) is 8.53. The average molecular weight is 325 g/mol. The summed E-state index contributed by atoms with van der Waals surface area (Å²) in [4.78, 5) is 12.9. The molecule has 2 nitrogen and oxygen atoms in total. The van der Waals surface area contributed by atoms with Gasteiger partial charge in [-0.3, -0.25) is 4.79 Å². The van der Waals surface area contributed by atoms with Crippen LogP contribution in [0.25, 0.3) is 5.70 Å². The number of fused-ring (bicyclic) bond motifs is 1. The molecule has 130 valence electrons. The third-order valence-electron chi connectivity index (χ3n) is 6.44. The van der Waals surface area contributed by atoms with E-state index in [0.717, 1.165) is 18.5 Å². The normalized spacial score (nSPS) is 24.8. The van der Waals surface area contributed by atoms with Crippen LogP contribution in [0.1, 0.15) is 77.3 Å². The summed E-state index contributed by atoms with van der Waals surface area (Å²) in [7, 11) is 0. The number of hydrogen-bond acceptors (Lipinski definition) is 2. The van der Waals surface area contributed by atoms with E-state index in [9.17, 15) is 4.79 Å². The molecule has 3 rings (SSSR count). The summed E-state index contributed by atoms with van der Waals surface area (Å²) in [5, 5.41) is 3.67. The number of nitrogens with one attached hydrogen (secondary N) is 1. The van der Waals surface area contributed by atoms with Crippen LogP contribution in [0.2, 0.25) is 0 Å². The van der Waals surface area contributed by atoms with E-state index in [0.29, 0.717) is 5.78 Å². The lowest BCUT2D eigenvalue weighted by molar-refractivity contribution is -0.118. The molecule has 0 spiro atoms. The van der Waals surface area contributed by atoms with Crippen LogP contribution in [-0.4, -0.2) is 11.3 Å². The molecule has 1 fully saturated rings. The molecular weight excluding hydrogens is 294 g/mol. The molecule has 1 aliphatic carbocycles. The molecule has 1 aromatic rings. The van der Waals surface area contributed by atoms with Crippen molar-refractivity contribution >= 4 is 11.5 Å². The van der Waals surface area contributed by atoms with Gasteiger partial charge < -0.3 is 5.32 Å². The number of allylic oxidation sites excluding steroid dienone is 1. The summed E-state index contributed by atoms with van der Waals surface area (Å²) in [6.07, 6.45) is 8.96.